The Hall–Kier alpha value is -3.92. The van der Waals surface area contributed by atoms with E-state index in [2.05, 4.69) is 21.3 Å². The molecule has 2 atom stereocenters. The summed E-state index contributed by atoms with van der Waals surface area (Å²) >= 11 is 0. The van der Waals surface area contributed by atoms with Crippen molar-refractivity contribution in [1.82, 2.24) is 21.3 Å². The molecule has 0 aromatic heterocycles. The van der Waals surface area contributed by atoms with Gasteiger partial charge in [0.05, 0.1) is 6.04 Å². The molecule has 0 saturated heterocycles. The van der Waals surface area contributed by atoms with E-state index in [1.54, 1.807) is 0 Å². The number of aliphatic carboxylic acids is 1. The first kappa shape index (κ1) is 30.0. The van der Waals surface area contributed by atoms with E-state index in [1.807, 2.05) is 54.6 Å². The molecule has 0 bridgehead atoms. The third-order valence-corrected chi connectivity index (χ3v) is 7.77. The minimum Gasteiger partial charge on any atom is -0.492 e. The number of hydrogen-bond donors (Lipinski definition) is 5. The fraction of sp³-hybridized carbons (Fsp3) is 0.484. The van der Waals surface area contributed by atoms with E-state index in [-0.39, 0.29) is 25.4 Å². The number of benzene rings is 2. The van der Waals surface area contributed by atoms with Crippen molar-refractivity contribution in [2.24, 2.45) is 0 Å². The highest BCUT2D eigenvalue weighted by Crippen LogP contribution is 2.30. The maximum Gasteiger partial charge on any atom is 0.303 e. The van der Waals surface area contributed by atoms with Crippen molar-refractivity contribution in [3.63, 3.8) is 0 Å². The lowest BCUT2D eigenvalue weighted by Crippen LogP contribution is -2.63. The summed E-state index contributed by atoms with van der Waals surface area (Å²) in [6, 6.07) is 15.5. The monoisotopic (exact) mass is 564 g/mol. The van der Waals surface area contributed by atoms with E-state index in [0.717, 1.165) is 29.7 Å². The SMILES string of the molecule is O=C(O)CC[C@@H]1NCCOc2ccccc2CCCNC(=O)[C@H](Cc2ccccc2)NC(=O)C2(CCCC2)NC1=O. The van der Waals surface area contributed by atoms with E-state index >= 15 is 0 Å². The maximum absolute atomic E-state index is 13.8. The highest BCUT2D eigenvalue weighted by molar-refractivity contribution is 5.96. The number of carboxylic acids is 1. The molecule has 1 heterocycles. The number of nitrogens with one attached hydrogen (secondary N) is 4. The Morgan fingerprint density at radius 2 is 1.63 bits per heavy atom. The largest absolute Gasteiger partial charge is 0.492 e. The van der Waals surface area contributed by atoms with Gasteiger partial charge >= 0.3 is 5.97 Å². The average molecular weight is 565 g/mol. The summed E-state index contributed by atoms with van der Waals surface area (Å²) in [4.78, 5) is 52.0. The third-order valence-electron chi connectivity index (χ3n) is 7.77. The van der Waals surface area contributed by atoms with Crippen LogP contribution < -0.4 is 26.0 Å². The molecule has 10 heteroatoms. The van der Waals surface area contributed by atoms with Crippen LogP contribution in [0.1, 0.15) is 56.1 Å². The Kier molecular flexibility index (Phi) is 10.7. The van der Waals surface area contributed by atoms with Gasteiger partial charge in [-0.1, -0.05) is 61.4 Å². The fourth-order valence-corrected chi connectivity index (χ4v) is 5.52. The summed E-state index contributed by atoms with van der Waals surface area (Å²) in [6.45, 7) is 1.03. The number of amides is 3. The average Bonchev–Trinajstić information content (AvgIpc) is 3.44. The van der Waals surface area contributed by atoms with Crippen LogP contribution in [0.2, 0.25) is 0 Å². The molecule has 0 unspecified atom stereocenters. The summed E-state index contributed by atoms with van der Waals surface area (Å²) in [5.41, 5.74) is 0.736. The lowest BCUT2D eigenvalue weighted by atomic mass is 9.93. The molecule has 1 fully saturated rings. The molecular weight excluding hydrogens is 524 g/mol. The van der Waals surface area contributed by atoms with Gasteiger partial charge in [0.1, 0.15) is 23.9 Å². The second-order valence-corrected chi connectivity index (χ2v) is 10.8. The van der Waals surface area contributed by atoms with Gasteiger partial charge in [-0.3, -0.25) is 19.2 Å². The first-order valence-corrected chi connectivity index (χ1v) is 14.5. The van der Waals surface area contributed by atoms with Crippen molar-refractivity contribution in [2.45, 2.75) is 75.4 Å². The van der Waals surface area contributed by atoms with E-state index in [9.17, 15) is 24.3 Å². The lowest BCUT2D eigenvalue weighted by molar-refractivity contribution is -0.138. The van der Waals surface area contributed by atoms with Gasteiger partial charge in [0.2, 0.25) is 17.7 Å². The van der Waals surface area contributed by atoms with Crippen molar-refractivity contribution >= 4 is 23.7 Å². The molecule has 220 valence electrons. The van der Waals surface area contributed by atoms with Gasteiger partial charge in [-0.15, -0.1) is 0 Å². The van der Waals surface area contributed by atoms with Gasteiger partial charge in [0.15, 0.2) is 0 Å². The summed E-state index contributed by atoms with van der Waals surface area (Å²) in [5.74, 6) is -1.39. The third kappa shape index (κ3) is 8.53. The zero-order valence-corrected chi connectivity index (χ0v) is 23.3. The Morgan fingerprint density at radius 1 is 0.902 bits per heavy atom. The number of rotatable bonds is 5. The smallest absolute Gasteiger partial charge is 0.303 e. The second kappa shape index (κ2) is 14.6. The van der Waals surface area contributed by atoms with Crippen LogP contribution in [0.5, 0.6) is 5.75 Å². The first-order valence-electron chi connectivity index (χ1n) is 14.5. The summed E-state index contributed by atoms with van der Waals surface area (Å²) in [6.07, 6.45) is 3.93. The van der Waals surface area contributed by atoms with Crippen molar-refractivity contribution in [3.8, 4) is 5.75 Å². The van der Waals surface area contributed by atoms with Gasteiger partial charge in [-0.2, -0.15) is 0 Å². The van der Waals surface area contributed by atoms with Gasteiger partial charge in [0.25, 0.3) is 0 Å². The highest BCUT2D eigenvalue weighted by atomic mass is 16.5. The van der Waals surface area contributed by atoms with Crippen molar-refractivity contribution < 1.29 is 29.0 Å². The molecule has 1 saturated carbocycles. The Morgan fingerprint density at radius 3 is 2.39 bits per heavy atom. The van der Waals surface area contributed by atoms with Crippen LogP contribution in [0, 0.1) is 0 Å². The number of ether oxygens (including phenoxy) is 1. The van der Waals surface area contributed by atoms with Gasteiger partial charge in [-0.05, 0) is 49.3 Å². The molecule has 10 nitrogen and oxygen atoms in total. The Labute approximate surface area is 240 Å². The topological polar surface area (TPSA) is 146 Å². The number of para-hydroxylation sites is 1. The van der Waals surface area contributed by atoms with E-state index in [4.69, 9.17) is 4.74 Å². The molecular formula is C31H40N4O6. The van der Waals surface area contributed by atoms with E-state index in [1.165, 1.54) is 0 Å². The quantitative estimate of drug-likeness (QED) is 0.374. The predicted octanol–water partition coefficient (Wildman–Crippen LogP) is 2.11. The molecule has 1 aliphatic heterocycles. The van der Waals surface area contributed by atoms with Crippen LogP contribution in [0.25, 0.3) is 0 Å². The number of aryl methyl sites for hydroxylation is 1. The van der Waals surface area contributed by atoms with E-state index in [0.29, 0.717) is 45.2 Å². The number of fused-ring (bicyclic) bond motifs is 1. The van der Waals surface area contributed by atoms with Crippen LogP contribution >= 0.6 is 0 Å². The van der Waals surface area contributed by atoms with Crippen molar-refractivity contribution in [3.05, 3.63) is 65.7 Å². The second-order valence-electron chi connectivity index (χ2n) is 10.8. The van der Waals surface area contributed by atoms with Gasteiger partial charge < -0.3 is 31.1 Å². The molecule has 2 aromatic rings. The molecule has 2 aromatic carbocycles. The first-order chi connectivity index (χ1) is 19.9. The standard InChI is InChI=1S/C31H40N4O6/c36-27(37)15-14-24-29(39)35-31(16-6-7-17-31)30(40)34-25(21-22-9-2-1-3-10-22)28(38)33-18-8-12-23-11-4-5-13-26(23)41-20-19-32-24/h1-5,9-11,13,24-25,32H,6-8,12,14-21H2,(H,33,38)(H,34,40)(H,35,39)(H,36,37)/t24-,25-/m0/s1. The molecule has 1 aliphatic carbocycles. The van der Waals surface area contributed by atoms with Crippen molar-refractivity contribution in [1.29, 1.82) is 0 Å². The molecule has 2 aliphatic rings. The van der Waals surface area contributed by atoms with Crippen molar-refractivity contribution in [2.75, 3.05) is 19.7 Å². The van der Waals surface area contributed by atoms with Crippen LogP contribution in [0.4, 0.5) is 0 Å². The van der Waals surface area contributed by atoms with Gasteiger partial charge in [-0.25, -0.2) is 0 Å². The van der Waals surface area contributed by atoms with Gasteiger partial charge in [0, 0.05) is 25.9 Å². The Bertz CT molecular complexity index is 1200. The molecule has 3 amide bonds. The summed E-state index contributed by atoms with van der Waals surface area (Å²) < 4.78 is 6.00. The molecule has 41 heavy (non-hydrogen) atoms. The lowest BCUT2D eigenvalue weighted by Gasteiger charge is -2.33. The maximum atomic E-state index is 13.8. The van der Waals surface area contributed by atoms with Crippen LogP contribution in [0.3, 0.4) is 0 Å². The zero-order valence-electron chi connectivity index (χ0n) is 23.3. The number of carbonyl (C=O) groups is 4. The predicted molar refractivity (Wildman–Crippen MR) is 153 cm³/mol. The van der Waals surface area contributed by atoms with Crippen LogP contribution in [0.15, 0.2) is 54.6 Å². The minimum atomic E-state index is -1.17. The normalized spacial score (nSPS) is 22.3. The molecule has 5 N–H and O–H groups in total. The molecule has 0 radical (unpaired) electrons. The zero-order chi connectivity index (χ0) is 29.1. The number of carbonyl (C=O) groups excluding carboxylic acids is 3. The number of hydrogen-bond acceptors (Lipinski definition) is 6. The highest BCUT2D eigenvalue weighted by Gasteiger charge is 2.44. The molecule has 4 rings (SSSR count). The molecule has 1 spiro atoms. The Balaban J connectivity index is 1.59. The minimum absolute atomic E-state index is 0.0640. The summed E-state index contributed by atoms with van der Waals surface area (Å²) in [7, 11) is 0. The van der Waals surface area contributed by atoms with Crippen LogP contribution in [-0.2, 0) is 32.0 Å². The van der Waals surface area contributed by atoms with E-state index < -0.39 is 35.4 Å². The fourth-order valence-electron chi connectivity index (χ4n) is 5.52. The summed E-state index contributed by atoms with van der Waals surface area (Å²) in [5, 5.41) is 21.3. The number of carboxylic acid groups (broad SMARTS) is 1. The van der Waals surface area contributed by atoms with Crippen LogP contribution in [-0.4, -0.2) is 66.1 Å².